The van der Waals surface area contributed by atoms with Crippen molar-refractivity contribution >= 4 is 11.6 Å². The summed E-state index contributed by atoms with van der Waals surface area (Å²) in [6.07, 6.45) is 0.406. The van der Waals surface area contributed by atoms with Crippen molar-refractivity contribution in [1.29, 1.82) is 0 Å². The van der Waals surface area contributed by atoms with E-state index in [-0.39, 0.29) is 24.5 Å². The summed E-state index contributed by atoms with van der Waals surface area (Å²) in [6, 6.07) is 18.4. The number of aliphatic hydroxyl groups excluding tert-OH is 1. The van der Waals surface area contributed by atoms with Crippen LogP contribution in [0.15, 0.2) is 66.7 Å². The summed E-state index contributed by atoms with van der Waals surface area (Å²) in [4.78, 5) is 2.09. The highest BCUT2D eigenvalue weighted by molar-refractivity contribution is 6.30. The Kier molecular flexibility index (Phi) is 9.53. The molecular weight excluding hydrogens is 488 g/mol. The molecule has 0 unspecified atom stereocenters. The normalized spacial score (nSPS) is 17.0. The first-order valence-electron chi connectivity index (χ1n) is 12.1. The van der Waals surface area contributed by atoms with E-state index >= 15 is 4.39 Å². The van der Waals surface area contributed by atoms with Crippen LogP contribution in [-0.2, 0) is 11.3 Å². The van der Waals surface area contributed by atoms with Crippen LogP contribution in [0.5, 0.6) is 11.5 Å². The molecule has 0 spiro atoms. The number of aliphatic hydroxyl groups is 1. The molecule has 0 fully saturated rings. The molecule has 2 atom stereocenters. The Hall–Kier alpha value is -2.71. The van der Waals surface area contributed by atoms with Crippen LogP contribution in [0.25, 0.3) is 0 Å². The number of ether oxygens (including phenoxy) is 3. The second-order valence-electron chi connectivity index (χ2n) is 8.65. The number of benzene rings is 3. The van der Waals surface area contributed by atoms with E-state index in [0.29, 0.717) is 49.9 Å². The molecule has 3 aromatic rings. The zero-order chi connectivity index (χ0) is 25.3. The second kappa shape index (κ2) is 13.0. The zero-order valence-electron chi connectivity index (χ0n) is 19.9. The molecule has 36 heavy (non-hydrogen) atoms. The van der Waals surface area contributed by atoms with E-state index in [0.717, 1.165) is 17.7 Å². The first-order chi connectivity index (χ1) is 17.6. The molecule has 1 heterocycles. The molecule has 1 aliphatic rings. The summed E-state index contributed by atoms with van der Waals surface area (Å²) in [5, 5.41) is 10.0. The lowest BCUT2D eigenvalue weighted by molar-refractivity contribution is 0.00533. The molecule has 1 N–H and O–H groups in total. The number of halogens is 3. The Morgan fingerprint density at radius 2 is 1.67 bits per heavy atom. The smallest absolute Gasteiger partial charge is 0.165 e. The van der Waals surface area contributed by atoms with Crippen LogP contribution in [0.3, 0.4) is 0 Å². The summed E-state index contributed by atoms with van der Waals surface area (Å²) < 4.78 is 47.4. The van der Waals surface area contributed by atoms with E-state index in [9.17, 15) is 9.50 Å². The van der Waals surface area contributed by atoms with Crippen LogP contribution < -0.4 is 9.47 Å². The van der Waals surface area contributed by atoms with Crippen molar-refractivity contribution in [2.75, 3.05) is 32.9 Å². The lowest BCUT2D eigenvalue weighted by Crippen LogP contribution is -2.49. The summed E-state index contributed by atoms with van der Waals surface area (Å²) in [7, 11) is 0. The van der Waals surface area contributed by atoms with E-state index in [1.807, 2.05) is 30.3 Å². The van der Waals surface area contributed by atoms with Crippen molar-refractivity contribution < 1.29 is 28.1 Å². The van der Waals surface area contributed by atoms with Gasteiger partial charge in [0.25, 0.3) is 0 Å². The van der Waals surface area contributed by atoms with E-state index in [1.54, 1.807) is 24.3 Å². The van der Waals surface area contributed by atoms with E-state index in [4.69, 9.17) is 25.8 Å². The Morgan fingerprint density at radius 3 is 2.42 bits per heavy atom. The molecule has 4 rings (SSSR count). The second-order valence-corrected chi connectivity index (χ2v) is 9.08. The third-order valence-electron chi connectivity index (χ3n) is 6.12. The molecule has 0 amide bonds. The average molecular weight is 518 g/mol. The fraction of sp³-hybridized carbons (Fsp3) is 0.357. The molecule has 1 aliphatic heterocycles. The lowest BCUT2D eigenvalue weighted by Gasteiger charge is -2.40. The molecule has 192 valence electrons. The third-order valence-corrected chi connectivity index (χ3v) is 6.37. The lowest BCUT2D eigenvalue weighted by atomic mass is 9.96. The highest BCUT2D eigenvalue weighted by Gasteiger charge is 2.40. The van der Waals surface area contributed by atoms with Gasteiger partial charge in [0.1, 0.15) is 24.3 Å². The predicted molar refractivity (Wildman–Crippen MR) is 134 cm³/mol. The Morgan fingerprint density at radius 1 is 0.944 bits per heavy atom. The van der Waals surface area contributed by atoms with Gasteiger partial charge in [0, 0.05) is 31.3 Å². The largest absolute Gasteiger partial charge is 0.488 e. The third kappa shape index (κ3) is 6.73. The summed E-state index contributed by atoms with van der Waals surface area (Å²) >= 11 is 6.01. The van der Waals surface area contributed by atoms with Gasteiger partial charge in [-0.25, -0.2) is 8.78 Å². The number of rotatable bonds is 12. The van der Waals surface area contributed by atoms with Crippen LogP contribution in [-0.4, -0.2) is 49.0 Å². The standard InChI is InChI=1S/C28H30ClF2NO4/c29-21-8-10-22(11-9-21)36-28-25(19-35-27-24(31)13-12-23(30)26(27)28)32(14-4-16-33)15-5-17-34-18-20-6-2-1-3-7-20/h1-3,6-13,25,28,33H,4-5,14-19H2/t25-,28+/m1/s1. The fourth-order valence-corrected chi connectivity index (χ4v) is 4.48. The van der Waals surface area contributed by atoms with E-state index < -0.39 is 23.8 Å². The minimum Gasteiger partial charge on any atom is -0.488 e. The summed E-state index contributed by atoms with van der Waals surface area (Å²) in [6.45, 7) is 2.31. The number of hydrogen-bond acceptors (Lipinski definition) is 5. The maximum atomic E-state index is 15.0. The van der Waals surface area contributed by atoms with Gasteiger partial charge in [-0.05, 0) is 54.8 Å². The molecule has 0 saturated heterocycles. The maximum absolute atomic E-state index is 15.0. The van der Waals surface area contributed by atoms with Crippen LogP contribution in [0.2, 0.25) is 5.02 Å². The van der Waals surface area contributed by atoms with Crippen LogP contribution in [0.4, 0.5) is 8.78 Å². The molecule has 0 aliphatic carbocycles. The summed E-state index contributed by atoms with van der Waals surface area (Å²) in [5.74, 6) is -0.869. The highest BCUT2D eigenvalue weighted by Crippen LogP contribution is 2.41. The van der Waals surface area contributed by atoms with Crippen molar-refractivity contribution in [1.82, 2.24) is 4.90 Å². The highest BCUT2D eigenvalue weighted by atomic mass is 35.5. The van der Waals surface area contributed by atoms with Crippen molar-refractivity contribution in [2.24, 2.45) is 0 Å². The van der Waals surface area contributed by atoms with Gasteiger partial charge in [0.2, 0.25) is 0 Å². The Balaban J connectivity index is 1.51. The van der Waals surface area contributed by atoms with Crippen molar-refractivity contribution in [3.05, 3.63) is 94.5 Å². The Labute approximate surface area is 215 Å². The Bertz CT molecular complexity index is 1100. The average Bonchev–Trinajstić information content (AvgIpc) is 2.90. The van der Waals surface area contributed by atoms with Crippen LogP contribution >= 0.6 is 11.6 Å². The number of hydrogen-bond donors (Lipinski definition) is 1. The van der Waals surface area contributed by atoms with Gasteiger partial charge in [-0.2, -0.15) is 0 Å². The number of nitrogens with zero attached hydrogens (tertiary/aromatic N) is 1. The van der Waals surface area contributed by atoms with Crippen molar-refractivity contribution in [3.8, 4) is 11.5 Å². The van der Waals surface area contributed by atoms with Gasteiger partial charge in [-0.3, -0.25) is 4.90 Å². The van der Waals surface area contributed by atoms with Gasteiger partial charge in [-0.15, -0.1) is 0 Å². The number of fused-ring (bicyclic) bond motifs is 1. The SMILES string of the molecule is OCCCN(CCCOCc1ccccc1)[C@@H]1COc2c(F)ccc(F)c2[C@H]1Oc1ccc(Cl)cc1. The molecule has 3 aromatic carbocycles. The topological polar surface area (TPSA) is 51.2 Å². The van der Waals surface area contributed by atoms with Gasteiger partial charge < -0.3 is 19.3 Å². The van der Waals surface area contributed by atoms with Crippen molar-refractivity contribution in [3.63, 3.8) is 0 Å². The van der Waals surface area contributed by atoms with Gasteiger partial charge >= 0.3 is 0 Å². The molecule has 0 bridgehead atoms. The quantitative estimate of drug-likeness (QED) is 0.308. The first kappa shape index (κ1) is 26.4. The maximum Gasteiger partial charge on any atom is 0.165 e. The molecule has 5 nitrogen and oxygen atoms in total. The molecule has 8 heteroatoms. The first-order valence-corrected chi connectivity index (χ1v) is 12.4. The summed E-state index contributed by atoms with van der Waals surface area (Å²) in [5.41, 5.74) is 1.15. The van der Waals surface area contributed by atoms with E-state index in [1.165, 1.54) is 0 Å². The van der Waals surface area contributed by atoms with Gasteiger partial charge in [-0.1, -0.05) is 41.9 Å². The molecule has 0 radical (unpaired) electrons. The molecule has 0 saturated carbocycles. The monoisotopic (exact) mass is 517 g/mol. The molecule has 0 aromatic heterocycles. The van der Waals surface area contributed by atoms with Crippen LogP contribution in [0, 0.1) is 11.6 Å². The van der Waals surface area contributed by atoms with Crippen molar-refractivity contribution in [2.45, 2.75) is 31.6 Å². The minimum absolute atomic E-state index is 0.0108. The molecular formula is C28H30ClF2NO4. The van der Waals surface area contributed by atoms with Gasteiger partial charge in [0.15, 0.2) is 11.6 Å². The van der Waals surface area contributed by atoms with Gasteiger partial charge in [0.05, 0.1) is 18.2 Å². The van der Waals surface area contributed by atoms with Crippen LogP contribution in [0.1, 0.15) is 30.1 Å². The van der Waals surface area contributed by atoms with E-state index in [2.05, 4.69) is 4.90 Å². The predicted octanol–water partition coefficient (Wildman–Crippen LogP) is 5.79. The fourth-order valence-electron chi connectivity index (χ4n) is 4.35. The minimum atomic E-state index is -0.824. The zero-order valence-corrected chi connectivity index (χ0v) is 20.7.